The molecule has 2 rings (SSSR count). The standard InChI is InChI=1S/C18H28N2O3/c1-22-12-6-11-20(17(21)18(19)9-3-4-10-18)14-15-7-5-8-16(13-15)23-2/h5,7-8,13H,3-4,6,9-12,14,19H2,1-2H3. The van der Waals surface area contributed by atoms with Crippen molar-refractivity contribution < 1.29 is 14.3 Å². The molecule has 0 bridgehead atoms. The number of hydrogen-bond acceptors (Lipinski definition) is 4. The van der Waals surface area contributed by atoms with Crippen LogP contribution in [-0.4, -0.2) is 43.7 Å². The van der Waals surface area contributed by atoms with Gasteiger partial charge in [-0.05, 0) is 37.0 Å². The topological polar surface area (TPSA) is 64.8 Å². The van der Waals surface area contributed by atoms with E-state index in [4.69, 9.17) is 15.2 Å². The van der Waals surface area contributed by atoms with Crippen molar-refractivity contribution in [3.8, 4) is 5.75 Å². The Hall–Kier alpha value is -1.59. The van der Waals surface area contributed by atoms with E-state index >= 15 is 0 Å². The Labute approximate surface area is 138 Å². The van der Waals surface area contributed by atoms with Gasteiger partial charge in [-0.2, -0.15) is 0 Å². The molecule has 1 fully saturated rings. The molecule has 5 heteroatoms. The van der Waals surface area contributed by atoms with E-state index in [9.17, 15) is 4.79 Å². The lowest BCUT2D eigenvalue weighted by molar-refractivity contribution is -0.137. The zero-order chi connectivity index (χ0) is 16.7. The molecule has 128 valence electrons. The van der Waals surface area contributed by atoms with Gasteiger partial charge in [0, 0.05) is 26.8 Å². The summed E-state index contributed by atoms with van der Waals surface area (Å²) in [6.07, 6.45) is 4.44. The second-order valence-electron chi connectivity index (χ2n) is 6.29. The number of benzene rings is 1. The second-order valence-corrected chi connectivity index (χ2v) is 6.29. The number of rotatable bonds is 8. The molecule has 5 nitrogen and oxygen atoms in total. The van der Waals surface area contributed by atoms with Gasteiger partial charge in [0.15, 0.2) is 0 Å². The number of carbonyl (C=O) groups excluding carboxylic acids is 1. The number of amides is 1. The Morgan fingerprint density at radius 1 is 1.30 bits per heavy atom. The average molecular weight is 320 g/mol. The quantitative estimate of drug-likeness (QED) is 0.747. The molecule has 2 N–H and O–H groups in total. The van der Waals surface area contributed by atoms with E-state index in [1.54, 1.807) is 14.2 Å². The number of ether oxygens (including phenoxy) is 2. The summed E-state index contributed by atoms with van der Waals surface area (Å²) in [5.41, 5.74) is 6.73. The van der Waals surface area contributed by atoms with Crippen LogP contribution in [0.4, 0.5) is 0 Å². The molecule has 1 aliphatic carbocycles. The van der Waals surface area contributed by atoms with Crippen LogP contribution in [0, 0.1) is 0 Å². The Morgan fingerprint density at radius 2 is 2.04 bits per heavy atom. The number of hydrogen-bond donors (Lipinski definition) is 1. The maximum Gasteiger partial charge on any atom is 0.242 e. The number of nitrogens with two attached hydrogens (primary N) is 1. The number of nitrogens with zero attached hydrogens (tertiary/aromatic N) is 1. The van der Waals surface area contributed by atoms with Crippen molar-refractivity contribution in [2.75, 3.05) is 27.4 Å². The molecule has 23 heavy (non-hydrogen) atoms. The van der Waals surface area contributed by atoms with Crippen LogP contribution in [0.15, 0.2) is 24.3 Å². The first kappa shape index (κ1) is 17.8. The third-order valence-corrected chi connectivity index (χ3v) is 4.49. The van der Waals surface area contributed by atoms with Crippen molar-refractivity contribution in [1.82, 2.24) is 4.90 Å². The average Bonchev–Trinajstić information content (AvgIpc) is 3.01. The Bertz CT molecular complexity index is 513. The van der Waals surface area contributed by atoms with Gasteiger partial charge in [0.1, 0.15) is 5.75 Å². The fraction of sp³-hybridized carbons (Fsp3) is 0.611. The second kappa shape index (κ2) is 8.31. The molecular formula is C18H28N2O3. The van der Waals surface area contributed by atoms with Crippen molar-refractivity contribution in [3.63, 3.8) is 0 Å². The Balaban J connectivity index is 2.10. The van der Waals surface area contributed by atoms with E-state index in [1.165, 1.54) is 0 Å². The minimum atomic E-state index is -0.689. The third kappa shape index (κ3) is 4.69. The minimum absolute atomic E-state index is 0.0638. The van der Waals surface area contributed by atoms with Crippen molar-refractivity contribution in [3.05, 3.63) is 29.8 Å². The molecule has 1 aliphatic rings. The molecular weight excluding hydrogens is 292 g/mol. The molecule has 1 saturated carbocycles. The first-order valence-electron chi connectivity index (χ1n) is 8.29. The monoisotopic (exact) mass is 320 g/mol. The fourth-order valence-corrected chi connectivity index (χ4v) is 3.18. The minimum Gasteiger partial charge on any atom is -0.497 e. The van der Waals surface area contributed by atoms with Crippen LogP contribution < -0.4 is 10.5 Å². The van der Waals surface area contributed by atoms with Gasteiger partial charge in [-0.3, -0.25) is 4.79 Å². The molecule has 0 aromatic heterocycles. The van der Waals surface area contributed by atoms with Gasteiger partial charge in [-0.15, -0.1) is 0 Å². The van der Waals surface area contributed by atoms with Crippen LogP contribution in [0.25, 0.3) is 0 Å². The van der Waals surface area contributed by atoms with Crippen molar-refractivity contribution in [2.45, 2.75) is 44.2 Å². The van der Waals surface area contributed by atoms with Crippen molar-refractivity contribution in [1.29, 1.82) is 0 Å². The highest BCUT2D eigenvalue weighted by molar-refractivity contribution is 5.86. The van der Waals surface area contributed by atoms with Gasteiger partial charge in [0.2, 0.25) is 5.91 Å². The summed E-state index contributed by atoms with van der Waals surface area (Å²) in [7, 11) is 3.32. The fourth-order valence-electron chi connectivity index (χ4n) is 3.18. The lowest BCUT2D eigenvalue weighted by atomic mass is 9.96. The summed E-state index contributed by atoms with van der Waals surface area (Å²) >= 11 is 0. The normalized spacial score (nSPS) is 16.3. The van der Waals surface area contributed by atoms with E-state index in [0.29, 0.717) is 19.7 Å². The molecule has 0 saturated heterocycles. The van der Waals surface area contributed by atoms with Crippen LogP contribution in [-0.2, 0) is 16.1 Å². The summed E-state index contributed by atoms with van der Waals surface area (Å²) in [5, 5.41) is 0. The summed E-state index contributed by atoms with van der Waals surface area (Å²) < 4.78 is 10.4. The molecule has 0 heterocycles. The summed E-state index contributed by atoms with van der Waals surface area (Å²) in [4.78, 5) is 14.8. The lowest BCUT2D eigenvalue weighted by Gasteiger charge is -2.32. The zero-order valence-corrected chi connectivity index (χ0v) is 14.2. The molecule has 0 aliphatic heterocycles. The maximum atomic E-state index is 12.9. The SMILES string of the molecule is COCCCN(Cc1cccc(OC)c1)C(=O)C1(N)CCCC1. The number of carbonyl (C=O) groups is 1. The van der Waals surface area contributed by atoms with E-state index in [-0.39, 0.29) is 5.91 Å². The van der Waals surface area contributed by atoms with Crippen LogP contribution in [0.3, 0.4) is 0 Å². The van der Waals surface area contributed by atoms with E-state index in [1.807, 2.05) is 29.2 Å². The first-order chi connectivity index (χ1) is 11.1. The molecule has 1 aromatic carbocycles. The summed E-state index contributed by atoms with van der Waals surface area (Å²) in [6.45, 7) is 1.85. The molecule has 0 atom stereocenters. The van der Waals surface area contributed by atoms with Crippen LogP contribution in [0.5, 0.6) is 5.75 Å². The van der Waals surface area contributed by atoms with Crippen LogP contribution in [0.2, 0.25) is 0 Å². The highest BCUT2D eigenvalue weighted by Gasteiger charge is 2.39. The van der Waals surface area contributed by atoms with Gasteiger partial charge < -0.3 is 20.1 Å². The maximum absolute atomic E-state index is 12.9. The number of methoxy groups -OCH3 is 2. The molecule has 1 aromatic rings. The predicted molar refractivity (Wildman–Crippen MR) is 90.3 cm³/mol. The van der Waals surface area contributed by atoms with Gasteiger partial charge in [0.05, 0.1) is 12.6 Å². The molecule has 0 radical (unpaired) electrons. The van der Waals surface area contributed by atoms with Gasteiger partial charge >= 0.3 is 0 Å². The van der Waals surface area contributed by atoms with Gasteiger partial charge in [-0.1, -0.05) is 25.0 Å². The first-order valence-corrected chi connectivity index (χ1v) is 8.29. The van der Waals surface area contributed by atoms with E-state index < -0.39 is 5.54 Å². The lowest BCUT2D eigenvalue weighted by Crippen LogP contribution is -2.53. The highest BCUT2D eigenvalue weighted by atomic mass is 16.5. The van der Waals surface area contributed by atoms with Gasteiger partial charge in [-0.25, -0.2) is 0 Å². The van der Waals surface area contributed by atoms with Gasteiger partial charge in [0.25, 0.3) is 0 Å². The Morgan fingerprint density at radius 3 is 2.70 bits per heavy atom. The predicted octanol–water partition coefficient (Wildman–Crippen LogP) is 2.33. The zero-order valence-electron chi connectivity index (χ0n) is 14.2. The van der Waals surface area contributed by atoms with Crippen LogP contribution in [0.1, 0.15) is 37.7 Å². The van der Waals surface area contributed by atoms with Crippen molar-refractivity contribution in [2.24, 2.45) is 5.73 Å². The largest absolute Gasteiger partial charge is 0.497 e. The highest BCUT2D eigenvalue weighted by Crippen LogP contribution is 2.29. The third-order valence-electron chi connectivity index (χ3n) is 4.49. The molecule has 1 amide bonds. The van der Waals surface area contributed by atoms with Crippen LogP contribution >= 0.6 is 0 Å². The van der Waals surface area contributed by atoms with Crippen molar-refractivity contribution >= 4 is 5.91 Å². The molecule has 0 unspecified atom stereocenters. The summed E-state index contributed by atoms with van der Waals surface area (Å²) in [5.74, 6) is 0.865. The van der Waals surface area contributed by atoms with E-state index in [2.05, 4.69) is 0 Å². The Kier molecular flexibility index (Phi) is 6.42. The molecule has 0 spiro atoms. The van der Waals surface area contributed by atoms with E-state index in [0.717, 1.165) is 43.4 Å². The smallest absolute Gasteiger partial charge is 0.242 e. The summed E-state index contributed by atoms with van der Waals surface area (Å²) in [6, 6.07) is 7.83.